The number of ether oxygens (including phenoxy) is 1. The maximum Gasteiger partial charge on any atom is 0.416 e. The van der Waals surface area contributed by atoms with E-state index in [4.69, 9.17) is 16.3 Å². The molecule has 0 aliphatic carbocycles. The SMILES string of the molecule is O=C(CC1Sc2ccc(Cl)cc2NC1=O)OCc1ccc(C(F)(F)F)cc1. The first-order valence-corrected chi connectivity index (χ1v) is 9.07. The summed E-state index contributed by atoms with van der Waals surface area (Å²) in [6.07, 6.45) is -4.57. The van der Waals surface area contributed by atoms with Gasteiger partial charge in [0.1, 0.15) is 6.61 Å². The van der Waals surface area contributed by atoms with Gasteiger partial charge in [0, 0.05) is 9.92 Å². The highest BCUT2D eigenvalue weighted by atomic mass is 35.5. The fourth-order valence-electron chi connectivity index (χ4n) is 2.42. The summed E-state index contributed by atoms with van der Waals surface area (Å²) in [5.41, 5.74) is 0.246. The van der Waals surface area contributed by atoms with Crippen molar-refractivity contribution in [3.63, 3.8) is 0 Å². The van der Waals surface area contributed by atoms with Gasteiger partial charge >= 0.3 is 12.1 Å². The summed E-state index contributed by atoms with van der Waals surface area (Å²) < 4.78 is 42.7. The fraction of sp³-hybridized carbons (Fsp3) is 0.222. The first-order chi connectivity index (χ1) is 12.7. The first kappa shape index (κ1) is 19.6. The molecule has 3 rings (SSSR count). The first-order valence-electron chi connectivity index (χ1n) is 7.81. The maximum atomic E-state index is 12.5. The molecule has 1 amide bonds. The zero-order valence-corrected chi connectivity index (χ0v) is 15.3. The molecule has 2 aromatic carbocycles. The fourth-order valence-corrected chi connectivity index (χ4v) is 3.67. The number of fused-ring (bicyclic) bond motifs is 1. The van der Waals surface area contributed by atoms with Crippen LogP contribution in [-0.4, -0.2) is 17.1 Å². The number of esters is 1. The predicted molar refractivity (Wildman–Crippen MR) is 95.6 cm³/mol. The maximum absolute atomic E-state index is 12.5. The van der Waals surface area contributed by atoms with Crippen molar-refractivity contribution in [2.24, 2.45) is 0 Å². The molecule has 142 valence electrons. The third-order valence-corrected chi connectivity index (χ3v) is 5.30. The van der Waals surface area contributed by atoms with Crippen LogP contribution in [0.25, 0.3) is 0 Å². The molecule has 4 nitrogen and oxygen atoms in total. The number of amides is 1. The van der Waals surface area contributed by atoms with E-state index in [1.807, 2.05) is 0 Å². The van der Waals surface area contributed by atoms with Gasteiger partial charge in [-0.05, 0) is 35.9 Å². The molecule has 1 atom stereocenters. The standard InChI is InChI=1S/C18H13ClF3NO3S/c19-12-5-6-14-13(7-12)23-17(25)15(27-14)8-16(24)26-9-10-1-3-11(4-2-10)18(20,21)22/h1-7,15H,8-9H2,(H,23,25). The van der Waals surface area contributed by atoms with E-state index >= 15 is 0 Å². The highest BCUT2D eigenvalue weighted by Crippen LogP contribution is 2.38. The van der Waals surface area contributed by atoms with Crippen molar-refractivity contribution in [2.75, 3.05) is 5.32 Å². The number of nitrogens with one attached hydrogen (secondary N) is 1. The molecule has 1 aliphatic heterocycles. The summed E-state index contributed by atoms with van der Waals surface area (Å²) in [6.45, 7) is -0.165. The summed E-state index contributed by atoms with van der Waals surface area (Å²) in [7, 11) is 0. The monoisotopic (exact) mass is 415 g/mol. The van der Waals surface area contributed by atoms with Crippen LogP contribution in [-0.2, 0) is 27.1 Å². The lowest BCUT2D eigenvalue weighted by atomic mass is 10.1. The molecule has 1 N–H and O–H groups in total. The van der Waals surface area contributed by atoms with Gasteiger partial charge in [-0.15, -0.1) is 11.8 Å². The second-order valence-electron chi connectivity index (χ2n) is 5.80. The van der Waals surface area contributed by atoms with E-state index < -0.39 is 23.0 Å². The second-order valence-corrected chi connectivity index (χ2v) is 7.48. The van der Waals surface area contributed by atoms with Crippen LogP contribution in [0, 0.1) is 0 Å². The quantitative estimate of drug-likeness (QED) is 0.721. The van der Waals surface area contributed by atoms with Gasteiger partial charge in [-0.25, -0.2) is 0 Å². The van der Waals surface area contributed by atoms with Crippen molar-refractivity contribution in [2.45, 2.75) is 29.3 Å². The number of carbonyl (C=O) groups excluding carboxylic acids is 2. The zero-order chi connectivity index (χ0) is 19.6. The molecule has 9 heteroatoms. The van der Waals surface area contributed by atoms with Crippen molar-refractivity contribution in [1.29, 1.82) is 0 Å². The van der Waals surface area contributed by atoms with Gasteiger partial charge in [0.15, 0.2) is 0 Å². The number of hydrogen-bond donors (Lipinski definition) is 1. The van der Waals surface area contributed by atoms with Crippen LogP contribution in [0.15, 0.2) is 47.4 Å². The molecule has 27 heavy (non-hydrogen) atoms. The summed E-state index contributed by atoms with van der Waals surface area (Å²) in [4.78, 5) is 24.9. The van der Waals surface area contributed by atoms with Gasteiger partial charge in [0.2, 0.25) is 5.91 Å². The van der Waals surface area contributed by atoms with Crippen molar-refractivity contribution in [3.8, 4) is 0 Å². The zero-order valence-electron chi connectivity index (χ0n) is 13.7. The Bertz CT molecular complexity index is 871. The van der Waals surface area contributed by atoms with Gasteiger partial charge in [-0.3, -0.25) is 9.59 Å². The third kappa shape index (κ3) is 4.95. The largest absolute Gasteiger partial charge is 0.461 e. The minimum atomic E-state index is -4.42. The van der Waals surface area contributed by atoms with Gasteiger partial charge in [0.25, 0.3) is 0 Å². The number of halogens is 4. The Labute approximate surface area is 162 Å². The van der Waals surface area contributed by atoms with Crippen LogP contribution < -0.4 is 5.32 Å². The number of carbonyl (C=O) groups is 2. The average molecular weight is 416 g/mol. The van der Waals surface area contributed by atoms with E-state index in [1.165, 1.54) is 23.9 Å². The number of benzene rings is 2. The molecule has 2 aromatic rings. The summed E-state index contributed by atoms with van der Waals surface area (Å²) in [5.74, 6) is -0.943. The van der Waals surface area contributed by atoms with Crippen LogP contribution in [0.5, 0.6) is 0 Å². The van der Waals surface area contributed by atoms with E-state index in [0.717, 1.165) is 17.0 Å². The molecular weight excluding hydrogens is 403 g/mol. The summed E-state index contributed by atoms with van der Waals surface area (Å²) in [5, 5.41) is 2.53. The van der Waals surface area contributed by atoms with Crippen molar-refractivity contribution in [1.82, 2.24) is 0 Å². The van der Waals surface area contributed by atoms with Crippen LogP contribution >= 0.6 is 23.4 Å². The van der Waals surface area contributed by atoms with Crippen LogP contribution in [0.4, 0.5) is 18.9 Å². The minimum Gasteiger partial charge on any atom is -0.461 e. The number of thioether (sulfide) groups is 1. The highest BCUT2D eigenvalue weighted by molar-refractivity contribution is 8.01. The molecule has 0 saturated carbocycles. The predicted octanol–water partition coefficient (Wildman–Crippen LogP) is 4.91. The van der Waals surface area contributed by atoms with Gasteiger partial charge in [-0.1, -0.05) is 23.7 Å². The highest BCUT2D eigenvalue weighted by Gasteiger charge is 2.31. The van der Waals surface area contributed by atoms with Gasteiger partial charge in [-0.2, -0.15) is 13.2 Å². The summed E-state index contributed by atoms with van der Waals surface area (Å²) >= 11 is 7.11. The Kier molecular flexibility index (Phi) is 5.67. The summed E-state index contributed by atoms with van der Waals surface area (Å²) in [6, 6.07) is 9.41. The van der Waals surface area contributed by atoms with Gasteiger partial charge in [0.05, 0.1) is 22.9 Å². The third-order valence-electron chi connectivity index (χ3n) is 3.79. The van der Waals surface area contributed by atoms with E-state index in [1.54, 1.807) is 18.2 Å². The molecular formula is C18H13ClF3NO3S. The Morgan fingerprint density at radius 1 is 1.19 bits per heavy atom. The number of rotatable bonds is 4. The van der Waals surface area contributed by atoms with E-state index in [9.17, 15) is 22.8 Å². The second kappa shape index (κ2) is 7.82. The van der Waals surface area contributed by atoms with Crippen LogP contribution in [0.3, 0.4) is 0 Å². The molecule has 0 radical (unpaired) electrons. The lowest BCUT2D eigenvalue weighted by Gasteiger charge is -2.23. The lowest BCUT2D eigenvalue weighted by molar-refractivity contribution is -0.145. The molecule has 0 saturated heterocycles. The molecule has 0 bridgehead atoms. The van der Waals surface area contributed by atoms with E-state index in [2.05, 4.69) is 5.32 Å². The van der Waals surface area contributed by atoms with Crippen molar-refractivity contribution >= 4 is 40.9 Å². The molecule has 0 fully saturated rings. The van der Waals surface area contributed by atoms with Crippen LogP contribution in [0.1, 0.15) is 17.5 Å². The van der Waals surface area contributed by atoms with Crippen molar-refractivity contribution in [3.05, 3.63) is 58.6 Å². The average Bonchev–Trinajstić information content (AvgIpc) is 2.60. The molecule has 1 heterocycles. The topological polar surface area (TPSA) is 55.4 Å². The Morgan fingerprint density at radius 2 is 1.89 bits per heavy atom. The molecule has 1 aliphatic rings. The Balaban J connectivity index is 1.55. The number of anilines is 1. The number of alkyl halides is 3. The lowest BCUT2D eigenvalue weighted by Crippen LogP contribution is -2.31. The Hall–Kier alpha value is -2.19. The van der Waals surface area contributed by atoms with Crippen molar-refractivity contribution < 1.29 is 27.5 Å². The molecule has 0 aromatic heterocycles. The van der Waals surface area contributed by atoms with Gasteiger partial charge < -0.3 is 10.1 Å². The van der Waals surface area contributed by atoms with Crippen LogP contribution in [0.2, 0.25) is 5.02 Å². The van der Waals surface area contributed by atoms with E-state index in [0.29, 0.717) is 16.3 Å². The van der Waals surface area contributed by atoms with E-state index in [-0.39, 0.29) is 18.9 Å². The Morgan fingerprint density at radius 3 is 2.56 bits per heavy atom. The number of hydrogen-bond acceptors (Lipinski definition) is 4. The minimum absolute atomic E-state index is 0.154. The molecule has 1 unspecified atom stereocenters. The normalized spacial score (nSPS) is 16.4. The smallest absolute Gasteiger partial charge is 0.416 e. The molecule has 0 spiro atoms.